The Kier molecular flexibility index (Phi) is 3.95. The Balaban J connectivity index is 2.25. The molecule has 0 saturated carbocycles. The standard InChI is InChI=1S/C14H21N3O2/c1-16(2)11-4-3-7-17(9-11)13-8-10(14(18)19)5-6-12(13)15/h5-6,8,11H,3-4,7,9,15H2,1-2H3,(H,18,19). The fourth-order valence-corrected chi connectivity index (χ4v) is 2.55. The van der Waals surface area contributed by atoms with Crippen LogP contribution in [0.15, 0.2) is 18.2 Å². The lowest BCUT2D eigenvalue weighted by Gasteiger charge is -2.38. The summed E-state index contributed by atoms with van der Waals surface area (Å²) in [6.45, 7) is 1.82. The van der Waals surface area contributed by atoms with Gasteiger partial charge in [-0.15, -0.1) is 0 Å². The second-order valence-electron chi connectivity index (χ2n) is 5.28. The SMILES string of the molecule is CN(C)C1CCCN(c2cc(C(=O)O)ccc2N)C1. The van der Waals surface area contributed by atoms with Gasteiger partial charge < -0.3 is 20.6 Å². The highest BCUT2D eigenvalue weighted by Gasteiger charge is 2.23. The lowest BCUT2D eigenvalue weighted by Crippen LogP contribution is -2.45. The summed E-state index contributed by atoms with van der Waals surface area (Å²) in [6, 6.07) is 5.39. The van der Waals surface area contributed by atoms with Gasteiger partial charge in [0.2, 0.25) is 0 Å². The van der Waals surface area contributed by atoms with Crippen molar-refractivity contribution in [3.63, 3.8) is 0 Å². The minimum absolute atomic E-state index is 0.288. The number of nitrogens with two attached hydrogens (primary N) is 1. The monoisotopic (exact) mass is 263 g/mol. The first kappa shape index (κ1) is 13.7. The number of hydrogen-bond donors (Lipinski definition) is 2. The van der Waals surface area contributed by atoms with E-state index in [0.717, 1.165) is 25.2 Å². The van der Waals surface area contributed by atoms with Gasteiger partial charge in [0, 0.05) is 19.1 Å². The second kappa shape index (κ2) is 5.48. The number of hydrogen-bond acceptors (Lipinski definition) is 4. The minimum atomic E-state index is -0.914. The molecule has 0 radical (unpaired) electrons. The van der Waals surface area contributed by atoms with Crippen molar-refractivity contribution in [2.24, 2.45) is 0 Å². The van der Waals surface area contributed by atoms with Gasteiger partial charge in [0.05, 0.1) is 16.9 Å². The third-order valence-electron chi connectivity index (χ3n) is 3.74. The lowest BCUT2D eigenvalue weighted by atomic mass is 10.0. The van der Waals surface area contributed by atoms with E-state index in [2.05, 4.69) is 23.9 Å². The van der Waals surface area contributed by atoms with Crippen molar-refractivity contribution in [2.45, 2.75) is 18.9 Å². The molecule has 2 rings (SSSR count). The third-order valence-corrected chi connectivity index (χ3v) is 3.74. The van der Waals surface area contributed by atoms with Gasteiger partial charge in [0.1, 0.15) is 0 Å². The van der Waals surface area contributed by atoms with Crippen LogP contribution in [0.5, 0.6) is 0 Å². The summed E-state index contributed by atoms with van der Waals surface area (Å²) >= 11 is 0. The van der Waals surface area contributed by atoms with Gasteiger partial charge in [-0.2, -0.15) is 0 Å². The number of carboxylic acids is 1. The van der Waals surface area contributed by atoms with Gasteiger partial charge in [-0.3, -0.25) is 0 Å². The largest absolute Gasteiger partial charge is 0.478 e. The number of carboxylic acid groups (broad SMARTS) is 1. The zero-order valence-electron chi connectivity index (χ0n) is 11.5. The Morgan fingerprint density at radius 3 is 2.84 bits per heavy atom. The second-order valence-corrected chi connectivity index (χ2v) is 5.28. The Morgan fingerprint density at radius 2 is 2.21 bits per heavy atom. The fraction of sp³-hybridized carbons (Fsp3) is 0.500. The number of piperidine rings is 1. The van der Waals surface area contributed by atoms with Crippen molar-refractivity contribution in [3.05, 3.63) is 23.8 Å². The first-order chi connectivity index (χ1) is 8.99. The van der Waals surface area contributed by atoms with Crippen LogP contribution in [-0.4, -0.2) is 49.2 Å². The number of likely N-dealkylation sites (N-methyl/N-ethyl adjacent to an activating group) is 1. The molecule has 0 aromatic heterocycles. The molecule has 1 aromatic carbocycles. The van der Waals surface area contributed by atoms with Crippen LogP contribution in [0.4, 0.5) is 11.4 Å². The van der Waals surface area contributed by atoms with Crippen LogP contribution in [0, 0.1) is 0 Å². The summed E-state index contributed by atoms with van der Waals surface area (Å²) in [6.07, 6.45) is 2.27. The normalized spacial score (nSPS) is 19.7. The summed E-state index contributed by atoms with van der Waals surface area (Å²) in [5.41, 5.74) is 7.76. The topological polar surface area (TPSA) is 69.8 Å². The van der Waals surface area contributed by atoms with Crippen molar-refractivity contribution >= 4 is 17.3 Å². The summed E-state index contributed by atoms with van der Waals surface area (Å²) in [5, 5.41) is 9.07. The molecule has 0 spiro atoms. The molecule has 19 heavy (non-hydrogen) atoms. The van der Waals surface area contributed by atoms with Gasteiger partial charge in [0.25, 0.3) is 0 Å². The summed E-state index contributed by atoms with van der Waals surface area (Å²) in [7, 11) is 4.15. The molecule has 1 fully saturated rings. The van der Waals surface area contributed by atoms with E-state index in [1.54, 1.807) is 18.2 Å². The van der Waals surface area contributed by atoms with Crippen LogP contribution in [0.1, 0.15) is 23.2 Å². The molecular weight excluding hydrogens is 242 g/mol. The Bertz CT molecular complexity index is 474. The Hall–Kier alpha value is -1.75. The van der Waals surface area contributed by atoms with E-state index in [1.807, 2.05) is 0 Å². The number of nitrogen functional groups attached to an aromatic ring is 1. The molecule has 104 valence electrons. The molecule has 5 nitrogen and oxygen atoms in total. The fourth-order valence-electron chi connectivity index (χ4n) is 2.55. The first-order valence-electron chi connectivity index (χ1n) is 6.53. The molecule has 1 aromatic rings. The molecule has 1 aliphatic heterocycles. The molecular formula is C14H21N3O2. The molecule has 1 aliphatic rings. The van der Waals surface area contributed by atoms with Crippen molar-refractivity contribution < 1.29 is 9.90 Å². The molecule has 5 heteroatoms. The van der Waals surface area contributed by atoms with Crippen molar-refractivity contribution in [1.29, 1.82) is 0 Å². The van der Waals surface area contributed by atoms with E-state index in [0.29, 0.717) is 11.7 Å². The molecule has 1 saturated heterocycles. The number of anilines is 2. The summed E-state index contributed by atoms with van der Waals surface area (Å²) in [4.78, 5) is 15.5. The minimum Gasteiger partial charge on any atom is -0.478 e. The van der Waals surface area contributed by atoms with E-state index in [1.165, 1.54) is 6.42 Å². The molecule has 3 N–H and O–H groups in total. The van der Waals surface area contributed by atoms with Crippen LogP contribution in [0.3, 0.4) is 0 Å². The summed E-state index contributed by atoms with van der Waals surface area (Å²) < 4.78 is 0. The molecule has 0 bridgehead atoms. The maximum Gasteiger partial charge on any atom is 0.335 e. The van der Waals surface area contributed by atoms with Gasteiger partial charge in [-0.1, -0.05) is 0 Å². The van der Waals surface area contributed by atoms with Gasteiger partial charge in [-0.05, 0) is 45.1 Å². The molecule has 0 aliphatic carbocycles. The van der Waals surface area contributed by atoms with E-state index >= 15 is 0 Å². The van der Waals surface area contributed by atoms with Gasteiger partial charge in [-0.25, -0.2) is 4.79 Å². The highest BCUT2D eigenvalue weighted by Crippen LogP contribution is 2.28. The Labute approximate surface area is 113 Å². The molecule has 1 unspecified atom stereocenters. The highest BCUT2D eigenvalue weighted by atomic mass is 16.4. The van der Waals surface area contributed by atoms with Crippen molar-refractivity contribution in [1.82, 2.24) is 4.90 Å². The van der Waals surface area contributed by atoms with E-state index in [-0.39, 0.29) is 5.56 Å². The van der Waals surface area contributed by atoms with Gasteiger partial charge >= 0.3 is 5.97 Å². The number of carbonyl (C=O) groups is 1. The third kappa shape index (κ3) is 2.98. The lowest BCUT2D eigenvalue weighted by molar-refractivity contribution is 0.0697. The molecule has 0 amide bonds. The predicted molar refractivity (Wildman–Crippen MR) is 76.7 cm³/mol. The zero-order chi connectivity index (χ0) is 14.0. The highest BCUT2D eigenvalue weighted by molar-refractivity contribution is 5.90. The van der Waals surface area contributed by atoms with Gasteiger partial charge in [0.15, 0.2) is 0 Å². The Morgan fingerprint density at radius 1 is 1.47 bits per heavy atom. The van der Waals surface area contributed by atoms with E-state index in [4.69, 9.17) is 10.8 Å². The average Bonchev–Trinajstić information content (AvgIpc) is 2.39. The van der Waals surface area contributed by atoms with Crippen LogP contribution in [0.25, 0.3) is 0 Å². The maximum absolute atomic E-state index is 11.1. The predicted octanol–water partition coefficient (Wildman–Crippen LogP) is 1.50. The molecule has 1 heterocycles. The smallest absolute Gasteiger partial charge is 0.335 e. The number of benzene rings is 1. The first-order valence-corrected chi connectivity index (χ1v) is 6.53. The quantitative estimate of drug-likeness (QED) is 0.809. The van der Waals surface area contributed by atoms with Crippen molar-refractivity contribution in [2.75, 3.05) is 37.8 Å². The van der Waals surface area contributed by atoms with Crippen LogP contribution >= 0.6 is 0 Å². The number of nitrogens with zero attached hydrogens (tertiary/aromatic N) is 2. The zero-order valence-corrected chi connectivity index (χ0v) is 11.5. The van der Waals surface area contributed by atoms with Crippen LogP contribution < -0.4 is 10.6 Å². The average molecular weight is 263 g/mol. The van der Waals surface area contributed by atoms with Crippen molar-refractivity contribution in [3.8, 4) is 0 Å². The van der Waals surface area contributed by atoms with Crippen LogP contribution in [0.2, 0.25) is 0 Å². The number of rotatable bonds is 3. The van der Waals surface area contributed by atoms with E-state index in [9.17, 15) is 4.79 Å². The maximum atomic E-state index is 11.1. The molecule has 1 atom stereocenters. The number of aromatic carboxylic acids is 1. The van der Waals surface area contributed by atoms with Crippen LogP contribution in [-0.2, 0) is 0 Å². The summed E-state index contributed by atoms with van der Waals surface area (Å²) in [5.74, 6) is -0.914. The van der Waals surface area contributed by atoms with E-state index < -0.39 is 5.97 Å².